The summed E-state index contributed by atoms with van der Waals surface area (Å²) in [6.07, 6.45) is -2.72. The molecule has 0 radical (unpaired) electrons. The van der Waals surface area contributed by atoms with E-state index < -0.39 is 23.8 Å². The lowest BCUT2D eigenvalue weighted by Crippen LogP contribution is -2.19. The number of carbonyl (C=O) groups is 1. The van der Waals surface area contributed by atoms with Gasteiger partial charge in [0.25, 0.3) is 5.91 Å². The number of amides is 1. The van der Waals surface area contributed by atoms with Crippen LogP contribution in [0.5, 0.6) is 0 Å². The van der Waals surface area contributed by atoms with E-state index in [1.807, 2.05) is 0 Å². The first-order valence-electron chi connectivity index (χ1n) is 7.41. The minimum atomic E-state index is -4.66. The molecule has 2 nitrogen and oxygen atoms in total. The number of primary amides is 1. The zero-order chi connectivity index (χ0) is 20.5. The predicted octanol–water partition coefficient (Wildman–Crippen LogP) is 6.55. The van der Waals surface area contributed by atoms with Crippen LogP contribution in [0.2, 0.25) is 15.1 Å². The molecule has 1 atom stereocenters. The van der Waals surface area contributed by atoms with Gasteiger partial charge in [-0.1, -0.05) is 53.0 Å². The fourth-order valence-corrected chi connectivity index (χ4v) is 3.16. The Bertz CT molecular complexity index is 879. The third-order valence-corrected chi connectivity index (χ3v) is 4.95. The minimum Gasteiger partial charge on any atom is -0.365 e. The molecule has 0 spiro atoms. The lowest BCUT2D eigenvalue weighted by Gasteiger charge is -2.18. The molecule has 2 aromatic carbocycles. The van der Waals surface area contributed by atoms with Crippen molar-refractivity contribution in [3.05, 3.63) is 73.5 Å². The molecule has 9 heteroatoms. The molecule has 2 N–H and O–H groups in total. The number of hydrogen-bond acceptors (Lipinski definition) is 1. The van der Waals surface area contributed by atoms with Crippen molar-refractivity contribution in [2.45, 2.75) is 19.0 Å². The van der Waals surface area contributed by atoms with E-state index in [-0.39, 0.29) is 37.3 Å². The highest BCUT2D eigenvalue weighted by atomic mass is 35.5. The summed E-state index contributed by atoms with van der Waals surface area (Å²) >= 11 is 17.4. The Morgan fingerprint density at radius 3 is 2.11 bits per heavy atom. The predicted molar refractivity (Wildman–Crippen MR) is 99.0 cm³/mol. The number of allylic oxidation sites excluding steroid dienone is 1. The van der Waals surface area contributed by atoms with E-state index in [9.17, 15) is 22.4 Å². The van der Waals surface area contributed by atoms with Gasteiger partial charge in [-0.3, -0.25) is 4.79 Å². The second-order valence-corrected chi connectivity index (χ2v) is 6.93. The van der Waals surface area contributed by atoms with E-state index in [2.05, 4.69) is 0 Å². The Labute approximate surface area is 167 Å². The molecule has 27 heavy (non-hydrogen) atoms. The minimum absolute atomic E-state index is 0.0493. The second kappa shape index (κ2) is 8.09. The number of hydrogen-bond donors (Lipinski definition) is 1. The molecule has 0 aromatic heterocycles. The van der Waals surface area contributed by atoms with Gasteiger partial charge in [-0.2, -0.15) is 13.2 Å². The summed E-state index contributed by atoms with van der Waals surface area (Å²) in [5.41, 5.74) is 4.90. The Hall–Kier alpha value is -1.76. The van der Waals surface area contributed by atoms with Crippen molar-refractivity contribution in [3.8, 4) is 0 Å². The smallest absolute Gasteiger partial charge is 0.365 e. The number of nitrogens with two attached hydrogens (primary N) is 1. The lowest BCUT2D eigenvalue weighted by atomic mass is 9.96. The van der Waals surface area contributed by atoms with Crippen LogP contribution in [0, 0.1) is 12.7 Å². The molecule has 2 aromatic rings. The highest BCUT2D eigenvalue weighted by molar-refractivity contribution is 6.48. The molecule has 0 aliphatic rings. The van der Waals surface area contributed by atoms with Crippen molar-refractivity contribution in [3.63, 3.8) is 0 Å². The van der Waals surface area contributed by atoms with Crippen LogP contribution in [0.15, 0.2) is 30.3 Å². The Kier molecular flexibility index (Phi) is 6.45. The highest BCUT2D eigenvalue weighted by Gasteiger charge is 2.39. The normalized spacial score (nSPS) is 13.2. The van der Waals surface area contributed by atoms with E-state index in [0.29, 0.717) is 0 Å². The number of aryl methyl sites for hydroxylation is 1. The van der Waals surface area contributed by atoms with Gasteiger partial charge in [0, 0.05) is 0 Å². The average molecular weight is 441 g/mol. The molecule has 1 unspecified atom stereocenters. The first kappa shape index (κ1) is 21.5. The summed E-state index contributed by atoms with van der Waals surface area (Å²) in [5.74, 6) is -3.92. The summed E-state index contributed by atoms with van der Waals surface area (Å²) in [5, 5.41) is -0.282. The Balaban J connectivity index is 2.48. The SMILES string of the molecule is Cc1cc(/C=C/C(c2cc(Cl)c(Cl)c(Cl)c2)C(F)(F)F)cc(F)c1C(N)=O. The topological polar surface area (TPSA) is 43.1 Å². The van der Waals surface area contributed by atoms with Crippen molar-refractivity contribution in [1.82, 2.24) is 0 Å². The summed E-state index contributed by atoms with van der Waals surface area (Å²) in [7, 11) is 0. The number of halogens is 7. The van der Waals surface area contributed by atoms with Crippen LogP contribution in [0.1, 0.15) is 33.0 Å². The number of rotatable bonds is 4. The van der Waals surface area contributed by atoms with Gasteiger partial charge >= 0.3 is 6.18 Å². The molecule has 144 valence electrons. The van der Waals surface area contributed by atoms with Crippen molar-refractivity contribution in [2.75, 3.05) is 0 Å². The maximum absolute atomic E-state index is 14.0. The number of alkyl halides is 3. The third kappa shape index (κ3) is 4.94. The van der Waals surface area contributed by atoms with Crippen molar-refractivity contribution >= 4 is 46.8 Å². The molecule has 0 saturated carbocycles. The second-order valence-electron chi connectivity index (χ2n) is 5.74. The van der Waals surface area contributed by atoms with Crippen molar-refractivity contribution < 1.29 is 22.4 Å². The monoisotopic (exact) mass is 439 g/mol. The van der Waals surface area contributed by atoms with Gasteiger partial charge in [-0.05, 0) is 41.8 Å². The van der Waals surface area contributed by atoms with Gasteiger partial charge in [0.2, 0.25) is 0 Å². The first-order valence-corrected chi connectivity index (χ1v) is 8.54. The van der Waals surface area contributed by atoms with Crippen LogP contribution in [0.3, 0.4) is 0 Å². The molecular formula is C18H12Cl3F4NO. The number of benzene rings is 2. The van der Waals surface area contributed by atoms with Crippen LogP contribution < -0.4 is 5.73 Å². The largest absolute Gasteiger partial charge is 0.399 e. The van der Waals surface area contributed by atoms with Crippen molar-refractivity contribution in [1.29, 1.82) is 0 Å². The molecule has 0 aliphatic heterocycles. The maximum atomic E-state index is 14.0. The van der Waals surface area contributed by atoms with Gasteiger partial charge in [0.05, 0.1) is 26.5 Å². The van der Waals surface area contributed by atoms with E-state index in [1.54, 1.807) is 0 Å². The summed E-state index contributed by atoms with van der Waals surface area (Å²) in [4.78, 5) is 11.2. The number of carbonyl (C=O) groups excluding carboxylic acids is 1. The van der Waals surface area contributed by atoms with Crippen LogP contribution in [0.4, 0.5) is 17.6 Å². The fraction of sp³-hybridized carbons (Fsp3) is 0.167. The quantitative estimate of drug-likeness (QED) is 0.425. The Morgan fingerprint density at radius 2 is 1.67 bits per heavy atom. The van der Waals surface area contributed by atoms with Crippen LogP contribution in [-0.2, 0) is 0 Å². The fourth-order valence-electron chi connectivity index (χ4n) is 2.55. The van der Waals surface area contributed by atoms with Crippen molar-refractivity contribution in [2.24, 2.45) is 5.73 Å². The maximum Gasteiger partial charge on any atom is 0.399 e. The van der Waals surface area contributed by atoms with Crippen LogP contribution in [0.25, 0.3) is 6.08 Å². The van der Waals surface area contributed by atoms with Gasteiger partial charge < -0.3 is 5.73 Å². The summed E-state index contributed by atoms with van der Waals surface area (Å²) in [6, 6.07) is 4.42. The molecule has 0 bridgehead atoms. The van der Waals surface area contributed by atoms with Gasteiger partial charge in [0.1, 0.15) is 5.82 Å². The van der Waals surface area contributed by atoms with Gasteiger partial charge in [0.15, 0.2) is 0 Å². The van der Waals surface area contributed by atoms with Crippen LogP contribution >= 0.6 is 34.8 Å². The molecule has 0 saturated heterocycles. The van der Waals surface area contributed by atoms with E-state index >= 15 is 0 Å². The average Bonchev–Trinajstić information content (AvgIpc) is 2.50. The molecule has 0 aliphatic carbocycles. The molecule has 1 amide bonds. The lowest BCUT2D eigenvalue weighted by molar-refractivity contribution is -0.139. The van der Waals surface area contributed by atoms with E-state index in [1.165, 1.54) is 13.0 Å². The standard InChI is InChI=1S/C18H12Cl3F4NO/c1-8-4-9(5-14(22)15(8)17(26)27)2-3-11(18(23,24)25)10-6-12(19)16(21)13(20)7-10/h2-7,11H,1H3,(H2,26,27)/b3-2+. The molecular weight excluding hydrogens is 429 g/mol. The molecule has 2 rings (SSSR count). The van der Waals surface area contributed by atoms with Crippen LogP contribution in [-0.4, -0.2) is 12.1 Å². The third-order valence-electron chi connectivity index (χ3n) is 3.76. The zero-order valence-corrected chi connectivity index (χ0v) is 15.9. The van der Waals surface area contributed by atoms with E-state index in [0.717, 1.165) is 30.4 Å². The molecule has 0 heterocycles. The summed E-state index contributed by atoms with van der Waals surface area (Å²) in [6.45, 7) is 1.43. The first-order chi connectivity index (χ1) is 12.4. The van der Waals surface area contributed by atoms with E-state index in [4.69, 9.17) is 40.5 Å². The Morgan fingerprint density at radius 1 is 1.11 bits per heavy atom. The van der Waals surface area contributed by atoms with Gasteiger partial charge in [-0.25, -0.2) is 4.39 Å². The van der Waals surface area contributed by atoms with Gasteiger partial charge in [-0.15, -0.1) is 0 Å². The summed E-state index contributed by atoms with van der Waals surface area (Å²) < 4.78 is 54.5. The highest BCUT2D eigenvalue weighted by Crippen LogP contribution is 2.41. The molecule has 0 fully saturated rings. The zero-order valence-electron chi connectivity index (χ0n) is 13.7.